The average molecular weight is 286 g/mol. The number of hydrogen-bond donors (Lipinski definition) is 1. The lowest BCUT2D eigenvalue weighted by Crippen LogP contribution is -2.09. The minimum absolute atomic E-state index is 0.0443. The molecule has 0 spiro atoms. The van der Waals surface area contributed by atoms with Crippen LogP contribution in [0.25, 0.3) is 11.5 Å². The van der Waals surface area contributed by atoms with Crippen LogP contribution in [0.15, 0.2) is 22.6 Å². The molecule has 18 heavy (non-hydrogen) atoms. The van der Waals surface area contributed by atoms with Gasteiger partial charge in [0.1, 0.15) is 0 Å². The van der Waals surface area contributed by atoms with Crippen molar-refractivity contribution in [3.63, 3.8) is 0 Å². The van der Waals surface area contributed by atoms with Crippen LogP contribution in [-0.2, 0) is 4.79 Å². The Morgan fingerprint density at radius 1 is 1.39 bits per heavy atom. The molecule has 0 aliphatic rings. The van der Waals surface area contributed by atoms with E-state index in [-0.39, 0.29) is 17.8 Å². The van der Waals surface area contributed by atoms with E-state index in [2.05, 4.69) is 15.5 Å². The van der Waals surface area contributed by atoms with Gasteiger partial charge < -0.3 is 4.42 Å². The Morgan fingerprint density at radius 3 is 2.83 bits per heavy atom. The maximum Gasteiger partial charge on any atom is 0.322 e. The number of carbonyl (C=O) groups is 1. The summed E-state index contributed by atoms with van der Waals surface area (Å²) in [5, 5.41) is 10.9. The van der Waals surface area contributed by atoms with Crippen LogP contribution in [0.3, 0.4) is 0 Å². The van der Waals surface area contributed by atoms with E-state index in [1.165, 1.54) is 0 Å². The van der Waals surface area contributed by atoms with Gasteiger partial charge in [-0.1, -0.05) is 35.2 Å². The Hall–Kier alpha value is -1.59. The van der Waals surface area contributed by atoms with Crippen LogP contribution < -0.4 is 5.32 Å². The molecule has 5 nitrogen and oxygen atoms in total. The maximum absolute atomic E-state index is 11.2. The number of rotatable bonds is 3. The summed E-state index contributed by atoms with van der Waals surface area (Å²) >= 11 is 11.8. The molecule has 0 saturated carbocycles. The second-order valence-electron chi connectivity index (χ2n) is 3.44. The highest BCUT2D eigenvalue weighted by Crippen LogP contribution is 2.30. The van der Waals surface area contributed by atoms with Crippen molar-refractivity contribution in [2.45, 2.75) is 13.3 Å². The fourth-order valence-corrected chi connectivity index (χ4v) is 1.74. The van der Waals surface area contributed by atoms with Gasteiger partial charge in [-0.25, -0.2) is 0 Å². The standard InChI is InChI=1S/C11H9Cl2N3O2/c1-2-9(17)14-11-16-15-10(18-11)7-4-3-6(12)5-8(7)13/h3-5H,2H2,1H3,(H,14,16,17). The van der Waals surface area contributed by atoms with E-state index in [0.717, 1.165) is 0 Å². The summed E-state index contributed by atoms with van der Waals surface area (Å²) in [5.41, 5.74) is 0.561. The molecule has 0 aliphatic carbocycles. The van der Waals surface area contributed by atoms with Crippen LogP contribution in [0.4, 0.5) is 6.01 Å². The predicted molar refractivity (Wildman–Crippen MR) is 68.7 cm³/mol. The number of carbonyl (C=O) groups excluding carboxylic acids is 1. The Balaban J connectivity index is 2.26. The normalized spacial score (nSPS) is 10.4. The number of nitrogens with zero attached hydrogens (tertiary/aromatic N) is 2. The van der Waals surface area contributed by atoms with Crippen molar-refractivity contribution in [2.75, 3.05) is 5.32 Å². The van der Waals surface area contributed by atoms with E-state index < -0.39 is 0 Å². The summed E-state index contributed by atoms with van der Waals surface area (Å²) < 4.78 is 5.28. The smallest absolute Gasteiger partial charge is 0.322 e. The number of aromatic nitrogens is 2. The van der Waals surface area contributed by atoms with Gasteiger partial charge in [-0.3, -0.25) is 10.1 Å². The predicted octanol–water partition coefficient (Wildman–Crippen LogP) is 3.39. The molecule has 94 valence electrons. The molecule has 0 unspecified atom stereocenters. The molecule has 0 fully saturated rings. The molecule has 1 aromatic carbocycles. The molecule has 1 aromatic heterocycles. The monoisotopic (exact) mass is 285 g/mol. The van der Waals surface area contributed by atoms with Crippen molar-refractivity contribution in [1.29, 1.82) is 0 Å². The molecule has 0 saturated heterocycles. The van der Waals surface area contributed by atoms with Gasteiger partial charge in [-0.15, -0.1) is 5.10 Å². The first-order chi connectivity index (χ1) is 8.60. The van der Waals surface area contributed by atoms with E-state index in [1.54, 1.807) is 25.1 Å². The van der Waals surface area contributed by atoms with Gasteiger partial charge in [0, 0.05) is 11.4 Å². The molecular formula is C11H9Cl2N3O2. The van der Waals surface area contributed by atoms with Gasteiger partial charge in [0.25, 0.3) is 5.89 Å². The third-order valence-electron chi connectivity index (χ3n) is 2.15. The number of nitrogens with one attached hydrogen (secondary N) is 1. The minimum atomic E-state index is -0.201. The number of hydrogen-bond acceptors (Lipinski definition) is 4. The molecule has 0 bridgehead atoms. The summed E-state index contributed by atoms with van der Waals surface area (Å²) in [6.07, 6.45) is 0.333. The van der Waals surface area contributed by atoms with E-state index in [0.29, 0.717) is 22.0 Å². The van der Waals surface area contributed by atoms with Crippen molar-refractivity contribution in [1.82, 2.24) is 10.2 Å². The number of amides is 1. The van der Waals surface area contributed by atoms with Crippen LogP contribution in [-0.4, -0.2) is 16.1 Å². The number of benzene rings is 1. The summed E-state index contributed by atoms with van der Waals surface area (Å²) in [6.45, 7) is 1.72. The van der Waals surface area contributed by atoms with E-state index >= 15 is 0 Å². The molecule has 1 amide bonds. The lowest BCUT2D eigenvalue weighted by molar-refractivity contribution is -0.116. The topological polar surface area (TPSA) is 68.0 Å². The van der Waals surface area contributed by atoms with Gasteiger partial charge in [0.15, 0.2) is 0 Å². The van der Waals surface area contributed by atoms with Crippen LogP contribution >= 0.6 is 23.2 Å². The molecule has 0 atom stereocenters. The molecule has 1 heterocycles. The van der Waals surface area contributed by atoms with Gasteiger partial charge >= 0.3 is 6.01 Å². The van der Waals surface area contributed by atoms with Gasteiger partial charge in [-0.05, 0) is 18.2 Å². The summed E-state index contributed by atoms with van der Waals surface area (Å²) in [5.74, 6) is 0.0236. The lowest BCUT2D eigenvalue weighted by atomic mass is 10.2. The highest BCUT2D eigenvalue weighted by molar-refractivity contribution is 6.36. The largest absolute Gasteiger partial charge is 0.403 e. The molecule has 1 N–H and O–H groups in total. The van der Waals surface area contributed by atoms with Crippen LogP contribution in [0, 0.1) is 0 Å². The Bertz CT molecular complexity index is 583. The molecule has 0 aliphatic heterocycles. The summed E-state index contributed by atoms with van der Waals surface area (Å²) in [7, 11) is 0. The second kappa shape index (κ2) is 5.37. The van der Waals surface area contributed by atoms with Crippen molar-refractivity contribution < 1.29 is 9.21 Å². The first-order valence-electron chi connectivity index (χ1n) is 5.19. The third-order valence-corrected chi connectivity index (χ3v) is 2.70. The summed E-state index contributed by atoms with van der Waals surface area (Å²) in [6, 6.07) is 4.95. The van der Waals surface area contributed by atoms with Gasteiger partial charge in [0.05, 0.1) is 10.6 Å². The Kier molecular flexibility index (Phi) is 3.84. The van der Waals surface area contributed by atoms with E-state index in [1.807, 2.05) is 0 Å². The minimum Gasteiger partial charge on any atom is -0.403 e. The molecule has 0 radical (unpaired) electrons. The van der Waals surface area contributed by atoms with Crippen LogP contribution in [0.2, 0.25) is 10.0 Å². The third kappa shape index (κ3) is 2.80. The maximum atomic E-state index is 11.2. The Morgan fingerprint density at radius 2 is 2.17 bits per heavy atom. The highest BCUT2D eigenvalue weighted by Gasteiger charge is 2.13. The zero-order valence-corrected chi connectivity index (χ0v) is 10.9. The zero-order valence-electron chi connectivity index (χ0n) is 9.41. The molecule has 7 heteroatoms. The van der Waals surface area contributed by atoms with E-state index in [4.69, 9.17) is 27.6 Å². The first kappa shape index (κ1) is 12.9. The van der Waals surface area contributed by atoms with Crippen molar-refractivity contribution >= 4 is 35.1 Å². The highest BCUT2D eigenvalue weighted by atomic mass is 35.5. The fourth-order valence-electron chi connectivity index (χ4n) is 1.25. The van der Waals surface area contributed by atoms with Crippen molar-refractivity contribution in [2.24, 2.45) is 0 Å². The first-order valence-corrected chi connectivity index (χ1v) is 5.94. The second-order valence-corrected chi connectivity index (χ2v) is 4.28. The summed E-state index contributed by atoms with van der Waals surface area (Å²) in [4.78, 5) is 11.2. The zero-order chi connectivity index (χ0) is 13.1. The Labute approximate surface area is 113 Å². The van der Waals surface area contributed by atoms with Crippen molar-refractivity contribution in [3.8, 4) is 11.5 Å². The van der Waals surface area contributed by atoms with E-state index in [9.17, 15) is 4.79 Å². The van der Waals surface area contributed by atoms with Crippen molar-refractivity contribution in [3.05, 3.63) is 28.2 Å². The average Bonchev–Trinajstić information content (AvgIpc) is 2.77. The number of halogens is 2. The van der Waals surface area contributed by atoms with Crippen LogP contribution in [0.5, 0.6) is 0 Å². The number of anilines is 1. The molecular weight excluding hydrogens is 277 g/mol. The lowest BCUT2D eigenvalue weighted by Gasteiger charge is -1.99. The molecule has 2 rings (SSSR count). The fraction of sp³-hybridized carbons (Fsp3) is 0.182. The van der Waals surface area contributed by atoms with Crippen LogP contribution in [0.1, 0.15) is 13.3 Å². The van der Waals surface area contributed by atoms with Gasteiger partial charge in [0.2, 0.25) is 5.91 Å². The SMILES string of the molecule is CCC(=O)Nc1nnc(-c2ccc(Cl)cc2Cl)o1. The quantitative estimate of drug-likeness (QED) is 0.939. The molecule has 2 aromatic rings. The van der Waals surface area contributed by atoms with Gasteiger partial charge in [-0.2, -0.15) is 0 Å².